The topological polar surface area (TPSA) is 92.5 Å². The molecule has 0 spiro atoms. The Morgan fingerprint density at radius 3 is 2.38 bits per heavy atom. The highest BCUT2D eigenvalue weighted by Gasteiger charge is 2.27. The minimum atomic E-state index is -3.09. The molecule has 0 radical (unpaired) electrons. The monoisotopic (exact) mass is 319 g/mol. The van der Waals surface area contributed by atoms with Crippen molar-refractivity contribution in [3.8, 4) is 0 Å². The molecule has 1 aliphatic heterocycles. The van der Waals surface area contributed by atoms with E-state index in [4.69, 9.17) is 5.73 Å². The first-order valence-corrected chi connectivity index (χ1v) is 9.57. The van der Waals surface area contributed by atoms with Gasteiger partial charge in [0.05, 0.1) is 5.75 Å². The molecule has 1 heterocycles. The van der Waals surface area contributed by atoms with Crippen LogP contribution in [0.25, 0.3) is 0 Å². The van der Waals surface area contributed by atoms with Crippen molar-refractivity contribution in [2.75, 3.05) is 25.4 Å². The van der Waals surface area contributed by atoms with Crippen molar-refractivity contribution in [3.05, 3.63) is 0 Å². The lowest BCUT2D eigenvalue weighted by Gasteiger charge is -2.31. The quantitative estimate of drug-likeness (QED) is 0.616. The molecule has 0 aromatic heterocycles. The van der Waals surface area contributed by atoms with Gasteiger partial charge in [0.15, 0.2) is 0 Å². The molecule has 21 heavy (non-hydrogen) atoms. The molecule has 1 saturated heterocycles. The van der Waals surface area contributed by atoms with Crippen LogP contribution < -0.4 is 11.1 Å². The number of carbonyl (C=O) groups is 1. The number of piperidine rings is 1. The first-order valence-electron chi connectivity index (χ1n) is 7.97. The van der Waals surface area contributed by atoms with Crippen molar-refractivity contribution >= 4 is 15.9 Å². The van der Waals surface area contributed by atoms with Gasteiger partial charge in [-0.05, 0) is 39.2 Å². The fourth-order valence-corrected chi connectivity index (χ4v) is 3.68. The lowest BCUT2D eigenvalue weighted by atomic mass is 10.1. The van der Waals surface area contributed by atoms with Crippen LogP contribution in [0.2, 0.25) is 0 Å². The summed E-state index contributed by atoms with van der Waals surface area (Å²) in [5, 5.41) is 3.01. The average Bonchev–Trinajstić information content (AvgIpc) is 2.47. The Morgan fingerprint density at radius 1 is 1.19 bits per heavy atom. The number of nitrogens with two attached hydrogens (primary N) is 1. The summed E-state index contributed by atoms with van der Waals surface area (Å²) in [6.07, 6.45) is 6.00. The van der Waals surface area contributed by atoms with Crippen molar-refractivity contribution in [3.63, 3.8) is 0 Å². The van der Waals surface area contributed by atoms with E-state index in [-0.39, 0.29) is 17.7 Å². The molecular weight excluding hydrogens is 290 g/mol. The van der Waals surface area contributed by atoms with Gasteiger partial charge in [-0.2, -0.15) is 0 Å². The largest absolute Gasteiger partial charge is 0.353 e. The molecule has 3 N–H and O–H groups in total. The summed E-state index contributed by atoms with van der Waals surface area (Å²) in [6, 6.07) is 0.116. The normalized spacial score (nSPS) is 17.8. The van der Waals surface area contributed by atoms with E-state index >= 15 is 0 Å². The Balaban J connectivity index is 2.19. The molecule has 7 heteroatoms. The van der Waals surface area contributed by atoms with E-state index in [0.717, 1.165) is 25.7 Å². The van der Waals surface area contributed by atoms with E-state index in [1.165, 1.54) is 4.31 Å². The summed E-state index contributed by atoms with van der Waals surface area (Å²) < 4.78 is 25.0. The van der Waals surface area contributed by atoms with Crippen LogP contribution in [0, 0.1) is 0 Å². The maximum Gasteiger partial charge on any atom is 0.220 e. The van der Waals surface area contributed by atoms with Gasteiger partial charge in [-0.1, -0.05) is 12.8 Å². The van der Waals surface area contributed by atoms with E-state index in [2.05, 4.69) is 5.32 Å². The predicted octanol–water partition coefficient (Wildman–Crippen LogP) is 0.826. The van der Waals surface area contributed by atoms with Crippen LogP contribution in [0.1, 0.15) is 51.9 Å². The smallest absolute Gasteiger partial charge is 0.220 e. The molecule has 1 aliphatic rings. The Bertz CT molecular complexity index is 404. The van der Waals surface area contributed by atoms with Gasteiger partial charge in [0.2, 0.25) is 15.9 Å². The van der Waals surface area contributed by atoms with Crippen molar-refractivity contribution < 1.29 is 13.2 Å². The fourth-order valence-electron chi connectivity index (χ4n) is 2.54. The minimum absolute atomic E-state index is 0.0829. The molecule has 0 saturated carbocycles. The molecule has 0 atom stereocenters. The second kappa shape index (κ2) is 9.38. The van der Waals surface area contributed by atoms with Crippen LogP contribution >= 0.6 is 0 Å². The number of sulfonamides is 1. The van der Waals surface area contributed by atoms with Crippen LogP contribution in [0.5, 0.6) is 0 Å². The van der Waals surface area contributed by atoms with Crippen LogP contribution in [0.15, 0.2) is 0 Å². The molecule has 124 valence electrons. The standard InChI is InChI=1S/C14H29N3O3S/c1-2-21(19,20)17-11-8-13(9-12-17)16-14(18)7-5-3-4-6-10-15/h13H,2-12,15H2,1H3,(H,16,18). The van der Waals surface area contributed by atoms with E-state index in [0.29, 0.717) is 38.9 Å². The second-order valence-corrected chi connectivity index (χ2v) is 7.85. The number of rotatable bonds is 9. The van der Waals surface area contributed by atoms with Crippen molar-refractivity contribution in [2.45, 2.75) is 57.9 Å². The van der Waals surface area contributed by atoms with Gasteiger partial charge in [0, 0.05) is 25.6 Å². The third-order valence-corrected chi connectivity index (χ3v) is 5.82. The maximum absolute atomic E-state index is 11.8. The average molecular weight is 319 g/mol. The zero-order valence-electron chi connectivity index (χ0n) is 13.0. The summed E-state index contributed by atoms with van der Waals surface area (Å²) in [6.45, 7) is 3.40. The zero-order chi connectivity index (χ0) is 15.7. The summed E-state index contributed by atoms with van der Waals surface area (Å²) in [7, 11) is -3.09. The number of hydrogen-bond donors (Lipinski definition) is 2. The molecule has 0 aliphatic carbocycles. The molecule has 0 bridgehead atoms. The Labute approximate surface area is 128 Å². The van der Waals surface area contributed by atoms with Crippen molar-refractivity contribution in [1.29, 1.82) is 0 Å². The second-order valence-electron chi connectivity index (χ2n) is 5.59. The molecular formula is C14H29N3O3S. The lowest BCUT2D eigenvalue weighted by Crippen LogP contribution is -2.46. The molecule has 6 nitrogen and oxygen atoms in total. The van der Waals surface area contributed by atoms with E-state index in [1.807, 2.05) is 0 Å². The third kappa shape index (κ3) is 6.76. The van der Waals surface area contributed by atoms with Gasteiger partial charge in [-0.3, -0.25) is 4.79 Å². The van der Waals surface area contributed by atoms with Gasteiger partial charge in [-0.15, -0.1) is 0 Å². The summed E-state index contributed by atoms with van der Waals surface area (Å²) in [4.78, 5) is 11.8. The van der Waals surface area contributed by atoms with Crippen molar-refractivity contribution in [1.82, 2.24) is 9.62 Å². The first kappa shape index (κ1) is 18.4. The lowest BCUT2D eigenvalue weighted by molar-refractivity contribution is -0.122. The van der Waals surface area contributed by atoms with Crippen molar-refractivity contribution in [2.24, 2.45) is 5.73 Å². The SMILES string of the molecule is CCS(=O)(=O)N1CCC(NC(=O)CCCCCCN)CC1. The molecule has 0 unspecified atom stereocenters. The fraction of sp³-hybridized carbons (Fsp3) is 0.929. The van der Waals surface area contributed by atoms with Gasteiger partial charge in [0.1, 0.15) is 0 Å². The Hall–Kier alpha value is -0.660. The van der Waals surface area contributed by atoms with Crippen LogP contribution in [-0.4, -0.2) is 50.1 Å². The number of carbonyl (C=O) groups excluding carboxylic acids is 1. The first-order chi connectivity index (χ1) is 9.99. The molecule has 1 amide bonds. The predicted molar refractivity (Wildman–Crippen MR) is 84.3 cm³/mol. The third-order valence-electron chi connectivity index (χ3n) is 3.94. The van der Waals surface area contributed by atoms with Gasteiger partial charge < -0.3 is 11.1 Å². The van der Waals surface area contributed by atoms with Crippen LogP contribution in [0.3, 0.4) is 0 Å². The number of amides is 1. The van der Waals surface area contributed by atoms with E-state index < -0.39 is 10.0 Å². The highest BCUT2D eigenvalue weighted by Crippen LogP contribution is 2.14. The highest BCUT2D eigenvalue weighted by molar-refractivity contribution is 7.89. The summed E-state index contributed by atoms with van der Waals surface area (Å²) in [5.74, 6) is 0.229. The zero-order valence-corrected chi connectivity index (χ0v) is 13.8. The van der Waals surface area contributed by atoms with Gasteiger partial charge in [0.25, 0.3) is 0 Å². The molecule has 0 aromatic rings. The van der Waals surface area contributed by atoms with Crippen LogP contribution in [0.4, 0.5) is 0 Å². The minimum Gasteiger partial charge on any atom is -0.353 e. The molecule has 1 rings (SSSR count). The van der Waals surface area contributed by atoms with Gasteiger partial charge >= 0.3 is 0 Å². The number of nitrogens with one attached hydrogen (secondary N) is 1. The summed E-state index contributed by atoms with van der Waals surface area (Å²) in [5.41, 5.74) is 5.42. The summed E-state index contributed by atoms with van der Waals surface area (Å²) >= 11 is 0. The Morgan fingerprint density at radius 2 is 1.81 bits per heavy atom. The number of nitrogens with zero attached hydrogens (tertiary/aromatic N) is 1. The maximum atomic E-state index is 11.8. The number of unbranched alkanes of at least 4 members (excludes halogenated alkanes) is 3. The Kier molecular flexibility index (Phi) is 8.21. The molecule has 1 fully saturated rings. The molecule has 0 aromatic carbocycles. The number of hydrogen-bond acceptors (Lipinski definition) is 4. The van der Waals surface area contributed by atoms with Crippen LogP contribution in [-0.2, 0) is 14.8 Å². The van der Waals surface area contributed by atoms with E-state index in [9.17, 15) is 13.2 Å². The van der Waals surface area contributed by atoms with Gasteiger partial charge in [-0.25, -0.2) is 12.7 Å². The highest BCUT2D eigenvalue weighted by atomic mass is 32.2. The van der Waals surface area contributed by atoms with E-state index in [1.54, 1.807) is 6.92 Å².